The van der Waals surface area contributed by atoms with Crippen molar-refractivity contribution in [2.75, 3.05) is 0 Å². The summed E-state index contributed by atoms with van der Waals surface area (Å²) in [7, 11) is 0. The Morgan fingerprint density at radius 1 is 1.53 bits per heavy atom. The molecule has 2 rings (SSSR count). The zero-order valence-electron chi connectivity index (χ0n) is 11.0. The molecule has 0 atom stereocenters. The van der Waals surface area contributed by atoms with E-state index in [2.05, 4.69) is 21.0 Å². The Labute approximate surface area is 129 Å². The van der Waals surface area contributed by atoms with Gasteiger partial charge in [0.2, 0.25) is 0 Å². The summed E-state index contributed by atoms with van der Waals surface area (Å²) in [6.07, 6.45) is 0.314. The molecule has 0 amide bonds. The summed E-state index contributed by atoms with van der Waals surface area (Å²) in [6.45, 7) is 6.58. The fourth-order valence-electron chi connectivity index (χ4n) is 1.89. The molecule has 0 N–H and O–H groups in total. The topological polar surface area (TPSA) is 34.9 Å². The van der Waals surface area contributed by atoms with Crippen molar-refractivity contribution < 1.29 is 4.79 Å². The first-order chi connectivity index (χ1) is 8.95. The molecule has 102 valence electrons. The minimum Gasteiger partial charge on any atom is -0.293 e. The minimum atomic E-state index is 0.0402. The van der Waals surface area contributed by atoms with Crippen LogP contribution in [-0.2, 0) is 13.0 Å². The standard InChI is InChI=1S/C13H14BrClN2OS/c1-4-17-9(11(14)8(3)16-17)5-10(18)13-12(15)7(2)6-19-13/h6H,4-5H2,1-3H3. The Bertz CT molecular complexity index is 633. The van der Waals surface area contributed by atoms with E-state index >= 15 is 0 Å². The van der Waals surface area contributed by atoms with E-state index in [9.17, 15) is 4.79 Å². The molecule has 0 saturated heterocycles. The first-order valence-corrected chi connectivity index (χ1v) is 7.99. The average Bonchev–Trinajstić information content (AvgIpc) is 2.84. The van der Waals surface area contributed by atoms with Crippen LogP contribution < -0.4 is 0 Å². The average molecular weight is 362 g/mol. The van der Waals surface area contributed by atoms with Gasteiger partial charge in [-0.05, 0) is 47.6 Å². The molecule has 0 aliphatic heterocycles. The summed E-state index contributed by atoms with van der Waals surface area (Å²) in [6, 6.07) is 0. The second-order valence-corrected chi connectivity index (χ2v) is 6.37. The van der Waals surface area contributed by atoms with Gasteiger partial charge in [-0.3, -0.25) is 9.48 Å². The first kappa shape index (κ1) is 14.8. The highest BCUT2D eigenvalue weighted by molar-refractivity contribution is 9.10. The number of thiophene rings is 1. The fourth-order valence-corrected chi connectivity index (χ4v) is 3.55. The van der Waals surface area contributed by atoms with Crippen molar-refractivity contribution in [1.82, 2.24) is 9.78 Å². The van der Waals surface area contributed by atoms with E-state index in [0.29, 0.717) is 16.3 Å². The van der Waals surface area contributed by atoms with Crippen molar-refractivity contribution >= 4 is 44.7 Å². The van der Waals surface area contributed by atoms with Gasteiger partial charge in [-0.25, -0.2) is 0 Å². The van der Waals surface area contributed by atoms with Gasteiger partial charge >= 0.3 is 0 Å². The van der Waals surface area contributed by atoms with E-state index in [-0.39, 0.29) is 5.78 Å². The van der Waals surface area contributed by atoms with Crippen LogP contribution >= 0.6 is 38.9 Å². The van der Waals surface area contributed by atoms with Crippen LogP contribution in [0.3, 0.4) is 0 Å². The van der Waals surface area contributed by atoms with Crippen LogP contribution in [-0.4, -0.2) is 15.6 Å². The molecule has 0 spiro atoms. The third-order valence-electron chi connectivity index (χ3n) is 2.93. The second kappa shape index (κ2) is 5.77. The van der Waals surface area contributed by atoms with Gasteiger partial charge in [-0.1, -0.05) is 11.6 Å². The van der Waals surface area contributed by atoms with Gasteiger partial charge in [-0.2, -0.15) is 5.10 Å². The maximum atomic E-state index is 12.3. The van der Waals surface area contributed by atoms with E-state index in [1.807, 2.05) is 30.8 Å². The monoisotopic (exact) mass is 360 g/mol. The molecule has 0 aliphatic carbocycles. The molecule has 2 aromatic heterocycles. The van der Waals surface area contributed by atoms with Crippen molar-refractivity contribution in [1.29, 1.82) is 0 Å². The second-order valence-electron chi connectivity index (χ2n) is 4.32. The van der Waals surface area contributed by atoms with Crippen LogP contribution in [0.1, 0.15) is 33.5 Å². The Morgan fingerprint density at radius 3 is 2.74 bits per heavy atom. The molecular weight excluding hydrogens is 348 g/mol. The molecule has 0 fully saturated rings. The number of nitrogens with zero attached hydrogens (tertiary/aromatic N) is 2. The lowest BCUT2D eigenvalue weighted by molar-refractivity contribution is 0.0994. The van der Waals surface area contributed by atoms with Gasteiger partial charge in [-0.15, -0.1) is 11.3 Å². The number of aryl methyl sites for hydroxylation is 3. The largest absolute Gasteiger partial charge is 0.293 e. The smallest absolute Gasteiger partial charge is 0.180 e. The number of aromatic nitrogens is 2. The van der Waals surface area contributed by atoms with Crippen LogP contribution in [0.4, 0.5) is 0 Å². The Hall–Kier alpha value is -0.650. The summed E-state index contributed by atoms with van der Waals surface area (Å²) < 4.78 is 2.76. The Morgan fingerprint density at radius 2 is 2.21 bits per heavy atom. The molecule has 6 heteroatoms. The number of halogens is 2. The van der Waals surface area contributed by atoms with E-state index in [1.54, 1.807) is 0 Å². The molecule has 0 aliphatic rings. The van der Waals surface area contributed by atoms with E-state index in [1.165, 1.54) is 11.3 Å². The molecular formula is C13H14BrClN2OS. The lowest BCUT2D eigenvalue weighted by atomic mass is 10.1. The number of rotatable bonds is 4. The number of Topliss-reactive ketones (excluding diaryl/α,β-unsaturated/α-hetero) is 1. The summed E-state index contributed by atoms with van der Waals surface area (Å²) >= 11 is 11.0. The minimum absolute atomic E-state index is 0.0402. The number of ketones is 1. The summed E-state index contributed by atoms with van der Waals surface area (Å²) in [5.74, 6) is 0.0402. The highest BCUT2D eigenvalue weighted by atomic mass is 79.9. The zero-order valence-corrected chi connectivity index (χ0v) is 14.1. The number of hydrogen-bond donors (Lipinski definition) is 0. The third kappa shape index (κ3) is 2.78. The lowest BCUT2D eigenvalue weighted by Gasteiger charge is -2.04. The Balaban J connectivity index is 2.31. The normalized spacial score (nSPS) is 11.0. The Kier molecular flexibility index (Phi) is 4.48. The fraction of sp³-hybridized carbons (Fsp3) is 0.385. The predicted octanol–water partition coefficient (Wildman–Crippen LogP) is 4.42. The van der Waals surface area contributed by atoms with E-state index in [0.717, 1.165) is 28.0 Å². The predicted molar refractivity (Wildman–Crippen MR) is 82.4 cm³/mol. The zero-order chi connectivity index (χ0) is 14.2. The highest BCUT2D eigenvalue weighted by Gasteiger charge is 2.20. The maximum absolute atomic E-state index is 12.3. The molecule has 2 aromatic rings. The van der Waals surface area contributed by atoms with E-state index < -0.39 is 0 Å². The number of carbonyl (C=O) groups is 1. The van der Waals surface area contributed by atoms with Gasteiger partial charge in [0, 0.05) is 6.54 Å². The van der Waals surface area contributed by atoms with Crippen LogP contribution in [0.25, 0.3) is 0 Å². The first-order valence-electron chi connectivity index (χ1n) is 5.94. The summed E-state index contributed by atoms with van der Waals surface area (Å²) in [5.41, 5.74) is 2.76. The molecule has 19 heavy (non-hydrogen) atoms. The van der Waals surface area contributed by atoms with E-state index in [4.69, 9.17) is 11.6 Å². The SMILES string of the molecule is CCn1nc(C)c(Br)c1CC(=O)c1scc(C)c1Cl. The van der Waals surface area contributed by atoms with Crippen LogP contribution in [0.5, 0.6) is 0 Å². The van der Waals surface area contributed by atoms with Gasteiger partial charge < -0.3 is 0 Å². The maximum Gasteiger partial charge on any atom is 0.180 e. The van der Waals surface area contributed by atoms with Gasteiger partial charge in [0.15, 0.2) is 5.78 Å². The van der Waals surface area contributed by atoms with Crippen molar-refractivity contribution in [2.24, 2.45) is 0 Å². The quantitative estimate of drug-likeness (QED) is 0.755. The van der Waals surface area contributed by atoms with Crippen molar-refractivity contribution in [3.05, 3.63) is 36.7 Å². The van der Waals surface area contributed by atoms with Crippen molar-refractivity contribution in [3.63, 3.8) is 0 Å². The van der Waals surface area contributed by atoms with Gasteiger partial charge in [0.25, 0.3) is 0 Å². The molecule has 0 saturated carbocycles. The number of carbonyl (C=O) groups excluding carboxylic acids is 1. The third-order valence-corrected chi connectivity index (χ3v) is 5.70. The van der Waals surface area contributed by atoms with Crippen LogP contribution in [0.15, 0.2) is 9.85 Å². The summed E-state index contributed by atoms with van der Waals surface area (Å²) in [5, 5.41) is 6.88. The van der Waals surface area contributed by atoms with Gasteiger partial charge in [0.05, 0.1) is 32.2 Å². The lowest BCUT2D eigenvalue weighted by Crippen LogP contribution is -2.09. The molecule has 0 radical (unpaired) electrons. The summed E-state index contributed by atoms with van der Waals surface area (Å²) in [4.78, 5) is 13.0. The van der Waals surface area contributed by atoms with Gasteiger partial charge in [0.1, 0.15) is 0 Å². The molecule has 0 aromatic carbocycles. The van der Waals surface area contributed by atoms with Crippen LogP contribution in [0, 0.1) is 13.8 Å². The molecule has 3 nitrogen and oxygen atoms in total. The number of hydrogen-bond acceptors (Lipinski definition) is 3. The van der Waals surface area contributed by atoms with Crippen molar-refractivity contribution in [2.45, 2.75) is 33.7 Å². The molecule has 2 heterocycles. The van der Waals surface area contributed by atoms with Crippen molar-refractivity contribution in [3.8, 4) is 0 Å². The molecule has 0 bridgehead atoms. The molecule has 0 unspecified atom stereocenters. The van der Waals surface area contributed by atoms with Crippen LogP contribution in [0.2, 0.25) is 5.02 Å². The highest BCUT2D eigenvalue weighted by Crippen LogP contribution is 2.30.